The SMILES string of the molecule is N#CCC[C@H](C#N)CSc1nc2ccccc2c(=O)n1CCC1=CCCCC1. The zero-order valence-corrected chi connectivity index (χ0v) is 16.7. The summed E-state index contributed by atoms with van der Waals surface area (Å²) in [5.74, 6) is 0.314. The summed E-state index contributed by atoms with van der Waals surface area (Å²) >= 11 is 1.45. The van der Waals surface area contributed by atoms with Gasteiger partial charge in [0.15, 0.2) is 5.16 Å². The Balaban J connectivity index is 1.86. The van der Waals surface area contributed by atoms with Gasteiger partial charge in [-0.1, -0.05) is 35.5 Å². The number of fused-ring (bicyclic) bond motifs is 1. The minimum absolute atomic E-state index is 0.0185. The van der Waals surface area contributed by atoms with E-state index in [0.29, 0.717) is 41.2 Å². The Kier molecular flexibility index (Phi) is 7.28. The summed E-state index contributed by atoms with van der Waals surface area (Å²) < 4.78 is 1.77. The molecule has 1 aliphatic rings. The van der Waals surface area contributed by atoms with Gasteiger partial charge in [-0.15, -0.1) is 0 Å². The van der Waals surface area contributed by atoms with Crippen LogP contribution in [0.15, 0.2) is 45.9 Å². The summed E-state index contributed by atoms with van der Waals surface area (Å²) in [7, 11) is 0. The van der Waals surface area contributed by atoms with Gasteiger partial charge in [-0.05, 0) is 50.7 Å². The molecular formula is C22H24N4OS. The number of hydrogen-bond donors (Lipinski definition) is 0. The van der Waals surface area contributed by atoms with Crippen LogP contribution in [0.25, 0.3) is 10.9 Å². The lowest BCUT2D eigenvalue weighted by atomic mass is 9.97. The summed E-state index contributed by atoms with van der Waals surface area (Å²) in [6, 6.07) is 11.8. The quantitative estimate of drug-likeness (QED) is 0.365. The number of nitrogens with zero attached hydrogens (tertiary/aromatic N) is 4. The average Bonchev–Trinajstić information content (AvgIpc) is 2.74. The lowest BCUT2D eigenvalue weighted by Crippen LogP contribution is -2.24. The van der Waals surface area contributed by atoms with Gasteiger partial charge < -0.3 is 0 Å². The van der Waals surface area contributed by atoms with E-state index in [-0.39, 0.29) is 11.5 Å². The first kappa shape index (κ1) is 20.2. The number of nitriles is 2. The molecule has 0 bridgehead atoms. The van der Waals surface area contributed by atoms with Gasteiger partial charge in [-0.25, -0.2) is 4.98 Å². The van der Waals surface area contributed by atoms with Crippen molar-refractivity contribution in [3.63, 3.8) is 0 Å². The maximum atomic E-state index is 13.1. The second-order valence-corrected chi connectivity index (χ2v) is 8.05. The Labute approximate surface area is 169 Å². The molecule has 3 rings (SSSR count). The standard InChI is InChI=1S/C22H24N4OS/c23-13-6-9-18(15-24)16-28-22-25-20-11-5-4-10-19(20)21(27)26(22)14-12-17-7-2-1-3-8-17/h4-5,7,10-11,18H,1-3,6,8-9,12,14,16H2/t18-/m1/s1. The van der Waals surface area contributed by atoms with Crippen molar-refractivity contribution >= 4 is 22.7 Å². The number of benzene rings is 1. The van der Waals surface area contributed by atoms with Crippen LogP contribution in [0.5, 0.6) is 0 Å². The first-order valence-corrected chi connectivity index (χ1v) is 10.8. The van der Waals surface area contributed by atoms with Crippen LogP contribution in [0.4, 0.5) is 0 Å². The molecule has 0 saturated carbocycles. The Morgan fingerprint density at radius 1 is 1.25 bits per heavy atom. The lowest BCUT2D eigenvalue weighted by Gasteiger charge is -2.16. The molecule has 1 atom stereocenters. The minimum Gasteiger partial charge on any atom is -0.287 e. The van der Waals surface area contributed by atoms with Crippen molar-refractivity contribution in [2.24, 2.45) is 5.92 Å². The number of allylic oxidation sites excluding steroid dienone is 2. The van der Waals surface area contributed by atoms with Gasteiger partial charge in [0, 0.05) is 18.7 Å². The van der Waals surface area contributed by atoms with Gasteiger partial charge in [0.05, 0.1) is 29.0 Å². The minimum atomic E-state index is -0.220. The van der Waals surface area contributed by atoms with E-state index < -0.39 is 0 Å². The molecule has 0 amide bonds. The highest BCUT2D eigenvalue weighted by Gasteiger charge is 2.15. The van der Waals surface area contributed by atoms with Gasteiger partial charge in [-0.3, -0.25) is 9.36 Å². The lowest BCUT2D eigenvalue weighted by molar-refractivity contribution is 0.568. The fourth-order valence-electron chi connectivity index (χ4n) is 3.44. The van der Waals surface area contributed by atoms with Crippen LogP contribution in [-0.2, 0) is 6.54 Å². The Bertz CT molecular complexity index is 996. The molecule has 1 aromatic carbocycles. The van der Waals surface area contributed by atoms with E-state index in [0.717, 1.165) is 19.3 Å². The van der Waals surface area contributed by atoms with Crippen LogP contribution in [0.1, 0.15) is 44.9 Å². The van der Waals surface area contributed by atoms with Crippen LogP contribution >= 0.6 is 11.8 Å². The van der Waals surface area contributed by atoms with Crippen molar-refractivity contribution in [1.29, 1.82) is 10.5 Å². The number of para-hydroxylation sites is 1. The molecule has 6 heteroatoms. The van der Waals surface area contributed by atoms with Crippen LogP contribution in [0.2, 0.25) is 0 Å². The second kappa shape index (κ2) is 10.1. The molecule has 144 valence electrons. The summed E-state index contributed by atoms with van der Waals surface area (Å²) in [5, 5.41) is 19.4. The van der Waals surface area contributed by atoms with Crippen LogP contribution in [0.3, 0.4) is 0 Å². The summed E-state index contributed by atoms with van der Waals surface area (Å²) in [6.07, 6.45) is 8.80. The number of aromatic nitrogens is 2. The maximum Gasteiger partial charge on any atom is 0.262 e. The van der Waals surface area contributed by atoms with E-state index in [2.05, 4.69) is 18.2 Å². The molecule has 0 spiro atoms. The fraction of sp³-hybridized carbons (Fsp3) is 0.455. The van der Waals surface area contributed by atoms with Crippen LogP contribution < -0.4 is 5.56 Å². The molecular weight excluding hydrogens is 368 g/mol. The molecule has 0 fully saturated rings. The third kappa shape index (κ3) is 5.03. The highest BCUT2D eigenvalue weighted by Crippen LogP contribution is 2.24. The smallest absolute Gasteiger partial charge is 0.262 e. The van der Waals surface area contributed by atoms with E-state index in [4.69, 9.17) is 10.2 Å². The Hall–Kier alpha value is -2.57. The highest BCUT2D eigenvalue weighted by atomic mass is 32.2. The van der Waals surface area contributed by atoms with Gasteiger partial charge >= 0.3 is 0 Å². The summed E-state index contributed by atoms with van der Waals surface area (Å²) in [4.78, 5) is 17.8. The van der Waals surface area contributed by atoms with E-state index in [9.17, 15) is 10.1 Å². The fourth-order valence-corrected chi connectivity index (χ4v) is 4.53. The first-order valence-electron chi connectivity index (χ1n) is 9.79. The molecule has 28 heavy (non-hydrogen) atoms. The normalized spacial score (nSPS) is 14.9. The van der Waals surface area contributed by atoms with E-state index >= 15 is 0 Å². The molecule has 0 aliphatic heterocycles. The average molecular weight is 393 g/mol. The topological polar surface area (TPSA) is 82.5 Å². The third-order valence-corrected chi connectivity index (χ3v) is 6.21. The van der Waals surface area contributed by atoms with Crippen molar-refractivity contribution in [2.75, 3.05) is 5.75 Å². The first-order chi connectivity index (χ1) is 13.7. The molecule has 0 unspecified atom stereocenters. The van der Waals surface area contributed by atoms with Gasteiger partial charge in [0.25, 0.3) is 5.56 Å². The van der Waals surface area contributed by atoms with E-state index in [1.165, 1.54) is 30.2 Å². The van der Waals surface area contributed by atoms with Crippen LogP contribution in [0, 0.1) is 28.6 Å². The van der Waals surface area contributed by atoms with Gasteiger partial charge in [0.2, 0.25) is 0 Å². The Morgan fingerprint density at radius 3 is 2.86 bits per heavy atom. The van der Waals surface area contributed by atoms with Gasteiger partial charge in [0.1, 0.15) is 0 Å². The molecule has 1 aromatic heterocycles. The Morgan fingerprint density at radius 2 is 2.11 bits per heavy atom. The molecule has 0 N–H and O–H groups in total. The monoisotopic (exact) mass is 392 g/mol. The molecule has 0 saturated heterocycles. The molecule has 2 aromatic rings. The predicted molar refractivity (Wildman–Crippen MR) is 112 cm³/mol. The summed E-state index contributed by atoms with van der Waals surface area (Å²) in [5.41, 5.74) is 2.09. The van der Waals surface area contributed by atoms with E-state index in [1.54, 1.807) is 4.57 Å². The number of rotatable bonds is 8. The van der Waals surface area contributed by atoms with Crippen molar-refractivity contribution in [3.05, 3.63) is 46.3 Å². The molecule has 0 radical (unpaired) electrons. The zero-order valence-electron chi connectivity index (χ0n) is 15.9. The van der Waals surface area contributed by atoms with Crippen LogP contribution in [-0.4, -0.2) is 15.3 Å². The van der Waals surface area contributed by atoms with Crippen molar-refractivity contribution in [3.8, 4) is 12.1 Å². The maximum absolute atomic E-state index is 13.1. The molecule has 1 aliphatic carbocycles. The molecule has 1 heterocycles. The third-order valence-electron chi connectivity index (χ3n) is 5.07. The number of hydrogen-bond acceptors (Lipinski definition) is 5. The summed E-state index contributed by atoms with van der Waals surface area (Å²) in [6.45, 7) is 0.611. The zero-order chi connectivity index (χ0) is 19.8. The largest absolute Gasteiger partial charge is 0.287 e. The number of thioether (sulfide) groups is 1. The predicted octanol–water partition coefficient (Wildman–Crippen LogP) is 4.82. The van der Waals surface area contributed by atoms with Gasteiger partial charge in [-0.2, -0.15) is 10.5 Å². The van der Waals surface area contributed by atoms with Crippen molar-refractivity contribution in [2.45, 2.75) is 56.6 Å². The highest BCUT2D eigenvalue weighted by molar-refractivity contribution is 7.99. The second-order valence-electron chi connectivity index (χ2n) is 7.06. The van der Waals surface area contributed by atoms with E-state index in [1.807, 2.05) is 24.3 Å². The van der Waals surface area contributed by atoms with Crippen molar-refractivity contribution in [1.82, 2.24) is 9.55 Å². The van der Waals surface area contributed by atoms with Crippen molar-refractivity contribution < 1.29 is 0 Å². The molecule has 5 nitrogen and oxygen atoms in total.